The molecule has 0 heterocycles. The Morgan fingerprint density at radius 1 is 0.789 bits per heavy atom. The third-order valence-electron chi connectivity index (χ3n) is 3.29. The van der Waals surface area contributed by atoms with Gasteiger partial charge in [-0.15, -0.1) is 0 Å². The highest BCUT2D eigenvalue weighted by Crippen LogP contribution is 2.41. The first-order valence-corrected chi connectivity index (χ1v) is 8.70. The minimum atomic E-state index is -0.00487. The quantitative estimate of drug-likeness (QED) is 0.619. The first-order chi connectivity index (χ1) is 9.35. The van der Waals surface area contributed by atoms with Gasteiger partial charge < -0.3 is 0 Å². The predicted molar refractivity (Wildman–Crippen MR) is 88.0 cm³/mol. The van der Waals surface area contributed by atoms with Gasteiger partial charge in [0.05, 0.1) is 0 Å². The molecule has 0 radical (unpaired) electrons. The Hall–Kier alpha value is -1.39. The minimum Gasteiger partial charge on any atom is -0.0831 e. The first-order valence-electron chi connectivity index (χ1n) is 6.91. The lowest BCUT2D eigenvalue weighted by molar-refractivity contribution is 1.42. The van der Waals surface area contributed by atoms with E-state index in [0.29, 0.717) is 0 Å². The van der Waals surface area contributed by atoms with Crippen molar-refractivity contribution >= 4 is 13.5 Å². The molecule has 2 aromatic carbocycles. The maximum atomic E-state index is 2.50. The average molecular weight is 268 g/mol. The Labute approximate surface area is 117 Å². The Morgan fingerprint density at radius 3 is 1.58 bits per heavy atom. The van der Waals surface area contributed by atoms with E-state index in [9.17, 15) is 0 Å². The summed E-state index contributed by atoms with van der Waals surface area (Å²) in [6.45, 7) is 4.58. The molecule has 0 fully saturated rings. The lowest BCUT2D eigenvalue weighted by atomic mass is 10.00. The summed E-state index contributed by atoms with van der Waals surface area (Å²) in [5.74, 6) is 2.50. The monoisotopic (exact) mass is 268 g/mol. The third-order valence-corrected chi connectivity index (χ3v) is 5.54. The van der Waals surface area contributed by atoms with Crippen LogP contribution in [0.4, 0.5) is 0 Å². The Balaban J connectivity index is 2.45. The summed E-state index contributed by atoms with van der Waals surface area (Å²) in [5.41, 5.74) is 4.03. The molecule has 0 bridgehead atoms. The summed E-state index contributed by atoms with van der Waals surface area (Å²) < 4.78 is 0. The highest BCUT2D eigenvalue weighted by molar-refractivity contribution is 7.61. The summed E-state index contributed by atoms with van der Waals surface area (Å²) >= 11 is 0. The minimum absolute atomic E-state index is 0.00487. The molecule has 0 aliphatic rings. The topological polar surface area (TPSA) is 0 Å². The Morgan fingerprint density at radius 2 is 1.21 bits per heavy atom. The van der Waals surface area contributed by atoms with Gasteiger partial charge in [0.15, 0.2) is 0 Å². The van der Waals surface area contributed by atoms with Crippen molar-refractivity contribution in [3.05, 3.63) is 77.6 Å². The molecule has 0 saturated heterocycles. The van der Waals surface area contributed by atoms with E-state index in [2.05, 4.69) is 80.3 Å². The lowest BCUT2D eigenvalue weighted by Gasteiger charge is -2.13. The van der Waals surface area contributed by atoms with E-state index < -0.39 is 0 Å². The van der Waals surface area contributed by atoms with Crippen LogP contribution in [0.15, 0.2) is 66.5 Å². The molecule has 0 aromatic heterocycles. The van der Waals surface area contributed by atoms with Crippen LogP contribution in [-0.2, 0) is 0 Å². The van der Waals surface area contributed by atoms with Crippen molar-refractivity contribution in [2.45, 2.75) is 13.8 Å². The standard InChI is InChI=1S/C18H21P/c1-3-19(4-2)15-18(16-11-7-5-8-12-16)17-13-9-6-10-14-17/h5-15H,3-4H2,1-2H3. The van der Waals surface area contributed by atoms with Gasteiger partial charge in [-0.3, -0.25) is 0 Å². The molecule has 0 unspecified atom stereocenters. The molecule has 2 aromatic rings. The summed E-state index contributed by atoms with van der Waals surface area (Å²) in [6.07, 6.45) is 2.52. The molecule has 0 atom stereocenters. The largest absolute Gasteiger partial charge is 0.0831 e. The zero-order chi connectivity index (χ0) is 13.5. The molecule has 0 saturated carbocycles. The average Bonchev–Trinajstić information content (AvgIpc) is 2.50. The number of hydrogen-bond donors (Lipinski definition) is 0. The van der Waals surface area contributed by atoms with E-state index in [4.69, 9.17) is 0 Å². The number of rotatable bonds is 5. The molecule has 0 spiro atoms. The van der Waals surface area contributed by atoms with E-state index in [1.54, 1.807) is 0 Å². The smallest absolute Gasteiger partial charge is 0.0107 e. The SMILES string of the molecule is CCP(C=C(c1ccccc1)c1ccccc1)CC. The van der Waals surface area contributed by atoms with E-state index in [0.717, 1.165) is 0 Å². The highest BCUT2D eigenvalue weighted by atomic mass is 31.1. The lowest BCUT2D eigenvalue weighted by Crippen LogP contribution is -1.89. The van der Waals surface area contributed by atoms with Crippen molar-refractivity contribution in [2.75, 3.05) is 12.3 Å². The van der Waals surface area contributed by atoms with Gasteiger partial charge in [0.1, 0.15) is 0 Å². The van der Waals surface area contributed by atoms with Crippen LogP contribution in [0.25, 0.3) is 5.57 Å². The van der Waals surface area contributed by atoms with Gasteiger partial charge >= 0.3 is 0 Å². The van der Waals surface area contributed by atoms with Gasteiger partial charge in [0, 0.05) is 0 Å². The second-order valence-corrected chi connectivity index (χ2v) is 7.20. The van der Waals surface area contributed by atoms with Crippen LogP contribution < -0.4 is 0 Å². The summed E-state index contributed by atoms with van der Waals surface area (Å²) in [5, 5.41) is 0. The van der Waals surface area contributed by atoms with E-state index in [-0.39, 0.29) is 7.92 Å². The van der Waals surface area contributed by atoms with Gasteiger partial charge in [-0.25, -0.2) is 0 Å². The van der Waals surface area contributed by atoms with E-state index >= 15 is 0 Å². The summed E-state index contributed by atoms with van der Waals surface area (Å²) in [6, 6.07) is 21.4. The summed E-state index contributed by atoms with van der Waals surface area (Å²) in [7, 11) is -0.00487. The zero-order valence-corrected chi connectivity index (χ0v) is 12.6. The molecule has 0 aliphatic heterocycles. The molecular weight excluding hydrogens is 247 g/mol. The van der Waals surface area contributed by atoms with Crippen molar-refractivity contribution in [3.63, 3.8) is 0 Å². The molecule has 1 heteroatoms. The summed E-state index contributed by atoms with van der Waals surface area (Å²) in [4.78, 5) is 0. The molecule has 0 N–H and O–H groups in total. The fraction of sp³-hybridized carbons (Fsp3) is 0.222. The highest BCUT2D eigenvalue weighted by Gasteiger charge is 2.07. The van der Waals surface area contributed by atoms with Crippen LogP contribution in [0.3, 0.4) is 0 Å². The number of hydrogen-bond acceptors (Lipinski definition) is 0. The van der Waals surface area contributed by atoms with E-state index in [1.165, 1.54) is 29.0 Å². The van der Waals surface area contributed by atoms with Crippen LogP contribution in [-0.4, -0.2) is 12.3 Å². The van der Waals surface area contributed by atoms with Gasteiger partial charge in [-0.05, 0) is 29.0 Å². The molecule has 98 valence electrons. The number of benzene rings is 2. The maximum Gasteiger partial charge on any atom is -0.0107 e. The van der Waals surface area contributed by atoms with Crippen LogP contribution in [0.2, 0.25) is 0 Å². The van der Waals surface area contributed by atoms with Crippen LogP contribution in [0, 0.1) is 0 Å². The second kappa shape index (κ2) is 7.26. The Bertz CT molecular complexity index is 468. The van der Waals surface area contributed by atoms with Crippen molar-refractivity contribution in [1.29, 1.82) is 0 Å². The Kier molecular flexibility index (Phi) is 5.36. The van der Waals surface area contributed by atoms with Gasteiger partial charge in [-0.2, -0.15) is 0 Å². The van der Waals surface area contributed by atoms with Crippen molar-refractivity contribution < 1.29 is 0 Å². The predicted octanol–water partition coefficient (Wildman–Crippen LogP) is 5.60. The van der Waals surface area contributed by atoms with Gasteiger partial charge in [0.25, 0.3) is 0 Å². The molecular formula is C18H21P. The fourth-order valence-electron chi connectivity index (χ4n) is 2.14. The van der Waals surface area contributed by atoms with Crippen molar-refractivity contribution in [2.24, 2.45) is 0 Å². The van der Waals surface area contributed by atoms with Crippen LogP contribution >= 0.6 is 7.92 Å². The van der Waals surface area contributed by atoms with Crippen LogP contribution in [0.5, 0.6) is 0 Å². The van der Waals surface area contributed by atoms with Gasteiger partial charge in [0.2, 0.25) is 0 Å². The molecule has 2 rings (SSSR count). The van der Waals surface area contributed by atoms with Crippen molar-refractivity contribution in [1.82, 2.24) is 0 Å². The fourth-order valence-corrected chi connectivity index (χ4v) is 3.62. The van der Waals surface area contributed by atoms with E-state index in [1.807, 2.05) is 0 Å². The first kappa shape index (κ1) is 14.0. The van der Waals surface area contributed by atoms with Crippen LogP contribution in [0.1, 0.15) is 25.0 Å². The molecule has 19 heavy (non-hydrogen) atoms. The normalized spacial score (nSPS) is 10.5. The maximum absolute atomic E-state index is 2.50. The molecule has 0 nitrogen and oxygen atoms in total. The molecule has 0 amide bonds. The van der Waals surface area contributed by atoms with Crippen molar-refractivity contribution in [3.8, 4) is 0 Å². The van der Waals surface area contributed by atoms with Gasteiger partial charge in [-0.1, -0.05) is 88.2 Å². The third kappa shape index (κ3) is 3.78. The zero-order valence-electron chi connectivity index (χ0n) is 11.7. The molecule has 0 aliphatic carbocycles. The second-order valence-electron chi connectivity index (χ2n) is 4.50.